The zero-order valence-electron chi connectivity index (χ0n) is 13.6. The van der Waals surface area contributed by atoms with E-state index in [2.05, 4.69) is 4.84 Å². The predicted octanol–water partition coefficient (Wildman–Crippen LogP) is 2.85. The molecule has 0 aromatic heterocycles. The van der Waals surface area contributed by atoms with Gasteiger partial charge in [-0.2, -0.15) is 0 Å². The topological polar surface area (TPSA) is 105 Å². The summed E-state index contributed by atoms with van der Waals surface area (Å²) in [5.74, 6) is -1.08. The van der Waals surface area contributed by atoms with Gasteiger partial charge in [-0.25, -0.2) is 4.79 Å². The van der Waals surface area contributed by atoms with Gasteiger partial charge in [-0.05, 0) is 42.3 Å². The van der Waals surface area contributed by atoms with Crippen LogP contribution in [0.3, 0.4) is 0 Å². The van der Waals surface area contributed by atoms with Crippen LogP contribution in [0.2, 0.25) is 0 Å². The summed E-state index contributed by atoms with van der Waals surface area (Å²) >= 11 is 0. The van der Waals surface area contributed by atoms with Crippen molar-refractivity contribution < 1.29 is 29.0 Å². The first-order valence-corrected chi connectivity index (χ1v) is 7.23. The van der Waals surface area contributed by atoms with E-state index in [0.717, 1.165) is 0 Å². The minimum atomic E-state index is -0.928. The number of hydrogen-bond acceptors (Lipinski definition) is 7. The van der Waals surface area contributed by atoms with Crippen LogP contribution in [0, 0.1) is 17.0 Å². The van der Waals surface area contributed by atoms with Crippen molar-refractivity contribution in [2.45, 2.75) is 20.5 Å². The molecule has 0 radical (unpaired) electrons. The number of benzene rings is 2. The normalized spacial score (nSPS) is 10.0. The molecule has 0 bridgehead atoms. The Morgan fingerprint density at radius 1 is 1.12 bits per heavy atom. The summed E-state index contributed by atoms with van der Waals surface area (Å²) in [5.41, 5.74) is 0.989. The number of aryl methyl sites for hydroxylation is 1. The second kappa shape index (κ2) is 7.91. The molecule has 25 heavy (non-hydrogen) atoms. The zero-order valence-corrected chi connectivity index (χ0v) is 13.6. The largest absolute Gasteiger partial charge is 0.426 e. The molecule has 0 aliphatic rings. The molecular formula is C17H15NO7. The second-order valence-electron chi connectivity index (χ2n) is 5.07. The van der Waals surface area contributed by atoms with Gasteiger partial charge in [-0.1, -0.05) is 18.2 Å². The van der Waals surface area contributed by atoms with Crippen LogP contribution < -0.4 is 9.47 Å². The Labute approximate surface area is 143 Å². The van der Waals surface area contributed by atoms with Crippen LogP contribution in [-0.2, 0) is 16.2 Å². The number of ether oxygens (including phenoxy) is 2. The molecule has 8 heteroatoms. The molecule has 8 nitrogen and oxygen atoms in total. The molecule has 0 heterocycles. The van der Waals surface area contributed by atoms with Crippen molar-refractivity contribution in [3.8, 4) is 11.5 Å². The molecule has 2 aromatic carbocycles. The molecule has 0 atom stereocenters. The molecule has 0 spiro atoms. The quantitative estimate of drug-likeness (QED) is 0.343. The van der Waals surface area contributed by atoms with Crippen molar-refractivity contribution in [2.75, 3.05) is 0 Å². The average molecular weight is 345 g/mol. The highest BCUT2D eigenvalue weighted by Gasteiger charge is 2.19. The average Bonchev–Trinajstić information content (AvgIpc) is 2.55. The molecule has 130 valence electrons. The Morgan fingerprint density at radius 3 is 2.40 bits per heavy atom. The Kier molecular flexibility index (Phi) is 5.67. The van der Waals surface area contributed by atoms with Crippen LogP contribution >= 0.6 is 0 Å². The summed E-state index contributed by atoms with van der Waals surface area (Å²) in [6.07, 6.45) is 0. The van der Waals surface area contributed by atoms with E-state index in [1.807, 2.05) is 0 Å². The van der Waals surface area contributed by atoms with Gasteiger partial charge in [-0.3, -0.25) is 4.79 Å². The molecule has 0 unspecified atom stereocenters. The lowest BCUT2D eigenvalue weighted by molar-refractivity contribution is -0.763. The highest BCUT2D eigenvalue weighted by Crippen LogP contribution is 2.26. The van der Waals surface area contributed by atoms with Crippen molar-refractivity contribution in [3.05, 3.63) is 69.3 Å². The fourth-order valence-electron chi connectivity index (χ4n) is 2.06. The molecule has 2 aromatic rings. The SMILES string of the molecule is CC(=O)Oc1cc(CO[N+](=O)[O-])c(C)cc1C(=O)Oc1ccccc1. The van der Waals surface area contributed by atoms with Gasteiger partial charge < -0.3 is 14.3 Å². The molecule has 0 aliphatic carbocycles. The number of para-hydroxylation sites is 1. The third-order valence-corrected chi connectivity index (χ3v) is 3.19. The summed E-state index contributed by atoms with van der Waals surface area (Å²) in [5, 5.41) is 9.42. The first-order valence-electron chi connectivity index (χ1n) is 7.23. The first-order chi connectivity index (χ1) is 11.9. The number of nitrogens with zero attached hydrogens (tertiary/aromatic N) is 1. The fraction of sp³-hybridized carbons (Fsp3) is 0.176. The maximum atomic E-state index is 12.4. The predicted molar refractivity (Wildman–Crippen MR) is 85.7 cm³/mol. The van der Waals surface area contributed by atoms with E-state index < -0.39 is 17.0 Å². The molecule has 0 amide bonds. The van der Waals surface area contributed by atoms with Crippen molar-refractivity contribution in [1.82, 2.24) is 0 Å². The zero-order chi connectivity index (χ0) is 18.4. The lowest BCUT2D eigenvalue weighted by Gasteiger charge is -2.13. The molecule has 0 N–H and O–H groups in total. The van der Waals surface area contributed by atoms with E-state index in [4.69, 9.17) is 9.47 Å². The van der Waals surface area contributed by atoms with Gasteiger partial charge in [0.15, 0.2) is 0 Å². The van der Waals surface area contributed by atoms with Gasteiger partial charge in [0, 0.05) is 6.92 Å². The van der Waals surface area contributed by atoms with Crippen LogP contribution in [0.4, 0.5) is 0 Å². The van der Waals surface area contributed by atoms with Crippen molar-refractivity contribution >= 4 is 11.9 Å². The van der Waals surface area contributed by atoms with E-state index in [9.17, 15) is 19.7 Å². The lowest BCUT2D eigenvalue weighted by atomic mass is 10.0. The third kappa shape index (κ3) is 5.03. The monoisotopic (exact) mass is 345 g/mol. The fourth-order valence-corrected chi connectivity index (χ4v) is 2.06. The van der Waals surface area contributed by atoms with Crippen molar-refractivity contribution in [2.24, 2.45) is 0 Å². The molecule has 0 fully saturated rings. The highest BCUT2D eigenvalue weighted by molar-refractivity contribution is 5.95. The van der Waals surface area contributed by atoms with Gasteiger partial charge in [-0.15, -0.1) is 10.1 Å². The van der Waals surface area contributed by atoms with Gasteiger partial charge >= 0.3 is 11.9 Å². The lowest BCUT2D eigenvalue weighted by Crippen LogP contribution is -2.14. The molecule has 0 saturated carbocycles. The number of rotatable bonds is 6. The van der Waals surface area contributed by atoms with Crippen molar-refractivity contribution in [3.63, 3.8) is 0 Å². The molecular weight excluding hydrogens is 330 g/mol. The maximum Gasteiger partial charge on any atom is 0.347 e. The van der Waals surface area contributed by atoms with E-state index in [0.29, 0.717) is 16.9 Å². The molecule has 0 aliphatic heterocycles. The Hall–Kier alpha value is -3.42. The van der Waals surface area contributed by atoms with Crippen LogP contribution in [0.1, 0.15) is 28.4 Å². The third-order valence-electron chi connectivity index (χ3n) is 3.19. The number of carbonyl (C=O) groups is 2. The highest BCUT2D eigenvalue weighted by atomic mass is 16.9. The minimum absolute atomic E-state index is 0.0291. The number of carbonyl (C=O) groups excluding carboxylic acids is 2. The van der Waals surface area contributed by atoms with Gasteiger partial charge in [0.2, 0.25) is 0 Å². The van der Waals surface area contributed by atoms with Gasteiger partial charge in [0.1, 0.15) is 23.7 Å². The van der Waals surface area contributed by atoms with E-state index in [-0.39, 0.29) is 17.9 Å². The maximum absolute atomic E-state index is 12.4. The van der Waals surface area contributed by atoms with Gasteiger partial charge in [0.25, 0.3) is 5.09 Å². The summed E-state index contributed by atoms with van der Waals surface area (Å²) in [6, 6.07) is 11.2. The van der Waals surface area contributed by atoms with Crippen LogP contribution in [0.15, 0.2) is 42.5 Å². The van der Waals surface area contributed by atoms with Gasteiger partial charge in [0.05, 0.1) is 0 Å². The Balaban J connectivity index is 2.34. The Morgan fingerprint density at radius 2 is 1.80 bits per heavy atom. The Bertz CT molecular complexity index is 802. The molecule has 2 rings (SSSR count). The van der Waals surface area contributed by atoms with Crippen molar-refractivity contribution in [1.29, 1.82) is 0 Å². The summed E-state index contributed by atoms with van der Waals surface area (Å²) in [7, 11) is 0. The minimum Gasteiger partial charge on any atom is -0.426 e. The standard InChI is InChI=1S/C17H15NO7/c1-11-8-15(17(20)25-14-6-4-3-5-7-14)16(24-12(2)19)9-13(11)10-23-18(21)22/h3-9H,10H2,1-2H3. The summed E-state index contributed by atoms with van der Waals surface area (Å²) < 4.78 is 10.3. The van der Waals surface area contributed by atoms with E-state index in [1.165, 1.54) is 19.1 Å². The van der Waals surface area contributed by atoms with Crippen LogP contribution in [-0.4, -0.2) is 17.0 Å². The number of esters is 2. The second-order valence-corrected chi connectivity index (χ2v) is 5.07. The van der Waals surface area contributed by atoms with Crippen LogP contribution in [0.5, 0.6) is 11.5 Å². The molecule has 0 saturated heterocycles. The smallest absolute Gasteiger partial charge is 0.347 e. The summed E-state index contributed by atoms with van der Waals surface area (Å²) in [4.78, 5) is 38.4. The van der Waals surface area contributed by atoms with E-state index in [1.54, 1.807) is 37.3 Å². The summed E-state index contributed by atoms with van der Waals surface area (Å²) in [6.45, 7) is 2.50. The first kappa shape index (κ1) is 17.9. The van der Waals surface area contributed by atoms with Crippen LogP contribution in [0.25, 0.3) is 0 Å². The number of hydrogen-bond donors (Lipinski definition) is 0. The van der Waals surface area contributed by atoms with E-state index >= 15 is 0 Å².